The summed E-state index contributed by atoms with van der Waals surface area (Å²) < 4.78 is 6.99. The summed E-state index contributed by atoms with van der Waals surface area (Å²) in [4.78, 5) is 27.7. The molecule has 3 N–H and O–H groups in total. The van der Waals surface area contributed by atoms with E-state index >= 15 is 0 Å². The number of carbonyl (C=O) groups excluding carboxylic acids is 2. The summed E-state index contributed by atoms with van der Waals surface area (Å²) in [5.41, 5.74) is 6.70. The van der Waals surface area contributed by atoms with Gasteiger partial charge in [-0.15, -0.1) is 0 Å². The molecule has 6 rings (SSSR count). The van der Waals surface area contributed by atoms with Gasteiger partial charge < -0.3 is 15.8 Å². The number of nitrogens with one attached hydrogen (secondary N) is 1. The van der Waals surface area contributed by atoms with Crippen LogP contribution in [-0.2, 0) is 14.3 Å². The molecule has 4 bridgehead atoms. The lowest BCUT2D eigenvalue weighted by Crippen LogP contribution is -2.63. The number of carbonyl (C=O) groups is 2. The summed E-state index contributed by atoms with van der Waals surface area (Å²) >= 11 is 3.65. The Morgan fingerprint density at radius 2 is 1.94 bits per heavy atom. The smallest absolute Gasteiger partial charge is 0.250 e. The maximum Gasteiger partial charge on any atom is 0.250 e. The molecule has 5 fully saturated rings. The minimum absolute atomic E-state index is 0.00498. The van der Waals surface area contributed by atoms with Crippen molar-refractivity contribution in [1.82, 2.24) is 10.2 Å². The maximum atomic E-state index is 13.2. The van der Waals surface area contributed by atoms with Crippen LogP contribution in [0.15, 0.2) is 28.7 Å². The van der Waals surface area contributed by atoms with Crippen LogP contribution < -0.4 is 11.1 Å². The molecule has 2 amide bonds. The first-order chi connectivity index (χ1) is 14.9. The van der Waals surface area contributed by atoms with Crippen LogP contribution in [0.5, 0.6) is 0 Å². The molecule has 1 saturated heterocycles. The van der Waals surface area contributed by atoms with Gasteiger partial charge in [-0.1, -0.05) is 34.1 Å². The van der Waals surface area contributed by atoms with Gasteiger partial charge >= 0.3 is 0 Å². The predicted molar refractivity (Wildman–Crippen MR) is 121 cm³/mol. The van der Waals surface area contributed by atoms with E-state index in [1.807, 2.05) is 12.1 Å². The van der Waals surface area contributed by atoms with Crippen molar-refractivity contribution in [1.29, 1.82) is 0 Å². The molecule has 168 valence electrons. The van der Waals surface area contributed by atoms with Gasteiger partial charge in [0.1, 0.15) is 6.10 Å². The molecule has 1 aromatic carbocycles. The Morgan fingerprint density at radius 1 is 1.23 bits per heavy atom. The number of hydrogen-bond acceptors (Lipinski definition) is 4. The lowest BCUT2D eigenvalue weighted by Gasteiger charge is -2.59. The SMILES string of the molecule is C[C@H](c1ccccc1Br)N1CCOC(C(=O)NC2C3CC4CC2CC(C(N)=O)(C4)C3)C1. The third-order valence-corrected chi connectivity index (χ3v) is 9.12. The number of primary amides is 1. The monoisotopic (exact) mass is 489 g/mol. The number of rotatable bonds is 5. The number of ether oxygens (including phenoxy) is 1. The molecule has 5 aliphatic rings. The van der Waals surface area contributed by atoms with Crippen LogP contribution in [0, 0.1) is 23.2 Å². The Hall–Kier alpha value is -1.44. The summed E-state index contributed by atoms with van der Waals surface area (Å²) in [6.07, 6.45) is 4.36. The summed E-state index contributed by atoms with van der Waals surface area (Å²) in [6, 6.07) is 8.60. The zero-order valence-corrected chi connectivity index (χ0v) is 19.6. The number of nitrogens with zero attached hydrogens (tertiary/aromatic N) is 1. The second-order valence-corrected chi connectivity index (χ2v) is 11.1. The molecule has 0 spiro atoms. The molecule has 4 aliphatic carbocycles. The lowest BCUT2D eigenvalue weighted by atomic mass is 9.47. The third kappa shape index (κ3) is 3.83. The van der Waals surface area contributed by atoms with Crippen LogP contribution in [0.4, 0.5) is 0 Å². The van der Waals surface area contributed by atoms with E-state index < -0.39 is 6.10 Å². The fourth-order valence-electron chi connectivity index (χ4n) is 7.01. The third-order valence-electron chi connectivity index (χ3n) is 8.40. The summed E-state index contributed by atoms with van der Waals surface area (Å²) in [5.74, 6) is 1.17. The fourth-order valence-corrected chi connectivity index (χ4v) is 7.63. The van der Waals surface area contributed by atoms with E-state index in [1.54, 1.807) is 0 Å². The van der Waals surface area contributed by atoms with Crippen molar-refractivity contribution in [3.05, 3.63) is 34.3 Å². The van der Waals surface area contributed by atoms with Crippen molar-refractivity contribution in [3.8, 4) is 0 Å². The maximum absolute atomic E-state index is 13.2. The van der Waals surface area contributed by atoms with E-state index in [9.17, 15) is 9.59 Å². The van der Waals surface area contributed by atoms with Gasteiger partial charge in [0.25, 0.3) is 5.91 Å². The molecule has 3 unspecified atom stereocenters. The molecule has 4 atom stereocenters. The fraction of sp³-hybridized carbons (Fsp3) is 0.667. The first-order valence-electron chi connectivity index (χ1n) is 11.6. The van der Waals surface area contributed by atoms with Crippen molar-refractivity contribution in [2.24, 2.45) is 28.9 Å². The van der Waals surface area contributed by atoms with Crippen molar-refractivity contribution in [2.75, 3.05) is 19.7 Å². The largest absolute Gasteiger partial charge is 0.369 e. The second kappa shape index (κ2) is 8.16. The van der Waals surface area contributed by atoms with Gasteiger partial charge in [-0.3, -0.25) is 14.5 Å². The number of amides is 2. The highest BCUT2D eigenvalue weighted by atomic mass is 79.9. The summed E-state index contributed by atoms with van der Waals surface area (Å²) in [5, 5.41) is 3.35. The zero-order valence-electron chi connectivity index (χ0n) is 18.1. The summed E-state index contributed by atoms with van der Waals surface area (Å²) in [7, 11) is 0. The normalized spacial score (nSPS) is 38.1. The minimum atomic E-state index is -0.457. The van der Waals surface area contributed by atoms with Gasteiger partial charge in [-0.25, -0.2) is 0 Å². The Labute approximate surface area is 192 Å². The van der Waals surface area contributed by atoms with Crippen LogP contribution in [0.2, 0.25) is 0 Å². The summed E-state index contributed by atoms with van der Waals surface area (Å²) in [6.45, 7) is 4.13. The Bertz CT molecular complexity index is 861. The van der Waals surface area contributed by atoms with Crippen LogP contribution in [0.3, 0.4) is 0 Å². The Kier molecular flexibility index (Phi) is 5.64. The molecule has 31 heavy (non-hydrogen) atoms. The van der Waals surface area contributed by atoms with Crippen molar-refractivity contribution in [2.45, 2.75) is 57.2 Å². The van der Waals surface area contributed by atoms with Gasteiger partial charge in [0.15, 0.2) is 0 Å². The average molecular weight is 490 g/mol. The highest BCUT2D eigenvalue weighted by molar-refractivity contribution is 9.10. The molecule has 1 aromatic rings. The van der Waals surface area contributed by atoms with Gasteiger partial charge in [0.05, 0.1) is 6.61 Å². The molecule has 6 nitrogen and oxygen atoms in total. The number of hydrogen-bond donors (Lipinski definition) is 2. The van der Waals surface area contributed by atoms with Crippen molar-refractivity contribution < 1.29 is 14.3 Å². The number of benzene rings is 1. The molecule has 1 aliphatic heterocycles. The van der Waals surface area contributed by atoms with E-state index in [0.717, 1.165) is 43.1 Å². The zero-order chi connectivity index (χ0) is 21.8. The van der Waals surface area contributed by atoms with E-state index in [2.05, 4.69) is 45.2 Å². The number of halogens is 1. The standard InChI is InChI=1S/C24H32BrN3O3/c1-14(18-4-2-3-5-19(18)25)28-6-7-31-20(13-28)22(29)27-21-16-8-15-9-17(21)12-24(10-15,11-16)23(26)30/h2-5,14-17,20-21H,6-13H2,1H3,(H2,26,30)(H,27,29)/t14-,15?,16?,17?,20?,21?,24?/m1/s1. The number of nitrogens with two attached hydrogens (primary N) is 1. The predicted octanol–water partition coefficient (Wildman–Crippen LogP) is 3.01. The molecule has 0 radical (unpaired) electrons. The highest BCUT2D eigenvalue weighted by Gasteiger charge is 2.58. The number of morpholine rings is 1. The molecule has 7 heteroatoms. The Morgan fingerprint density at radius 3 is 2.61 bits per heavy atom. The molecular weight excluding hydrogens is 458 g/mol. The topological polar surface area (TPSA) is 84.7 Å². The highest BCUT2D eigenvalue weighted by Crippen LogP contribution is 2.59. The Balaban J connectivity index is 1.24. The molecule has 0 aromatic heterocycles. The van der Waals surface area contributed by atoms with Crippen molar-refractivity contribution in [3.63, 3.8) is 0 Å². The minimum Gasteiger partial charge on any atom is -0.369 e. The van der Waals surface area contributed by atoms with Crippen molar-refractivity contribution >= 4 is 27.7 Å². The van der Waals surface area contributed by atoms with Gasteiger partial charge in [0.2, 0.25) is 5.91 Å². The van der Waals surface area contributed by atoms with Gasteiger partial charge in [-0.05, 0) is 68.4 Å². The van der Waals surface area contributed by atoms with Crippen LogP contribution in [-0.4, -0.2) is 48.6 Å². The second-order valence-electron chi connectivity index (χ2n) is 10.2. The molecular formula is C24H32BrN3O3. The van der Waals surface area contributed by atoms with Gasteiger partial charge in [0, 0.05) is 35.1 Å². The van der Waals surface area contributed by atoms with E-state index in [1.165, 1.54) is 5.56 Å². The molecule has 1 heterocycles. The van der Waals surface area contributed by atoms with Crippen LogP contribution >= 0.6 is 15.9 Å². The van der Waals surface area contributed by atoms with E-state index in [0.29, 0.717) is 30.9 Å². The average Bonchev–Trinajstić information content (AvgIpc) is 2.75. The van der Waals surface area contributed by atoms with Crippen LogP contribution in [0.1, 0.15) is 50.6 Å². The first kappa shape index (κ1) is 21.4. The first-order valence-corrected chi connectivity index (χ1v) is 12.4. The van der Waals surface area contributed by atoms with Crippen LogP contribution in [0.25, 0.3) is 0 Å². The van der Waals surface area contributed by atoms with E-state index in [4.69, 9.17) is 10.5 Å². The van der Waals surface area contributed by atoms with Gasteiger partial charge in [-0.2, -0.15) is 0 Å². The quantitative estimate of drug-likeness (QED) is 0.665. The lowest BCUT2D eigenvalue weighted by molar-refractivity contribution is -0.151. The van der Waals surface area contributed by atoms with E-state index in [-0.39, 0.29) is 29.3 Å². The molecule has 4 saturated carbocycles.